The highest BCUT2D eigenvalue weighted by Gasteiger charge is 2.20. The molecule has 0 aromatic heterocycles. The first-order valence-electron chi connectivity index (χ1n) is 6.47. The molecule has 2 atom stereocenters. The summed E-state index contributed by atoms with van der Waals surface area (Å²) < 4.78 is 10.5. The normalized spacial score (nSPS) is 20.2. The van der Waals surface area contributed by atoms with E-state index in [1.54, 1.807) is 24.3 Å². The molecule has 104 valence electrons. The summed E-state index contributed by atoms with van der Waals surface area (Å²) in [6.07, 6.45) is 2.36. The number of carbonyl (C=O) groups excluding carboxylic acids is 1. The summed E-state index contributed by atoms with van der Waals surface area (Å²) in [6, 6.07) is 5.93. The van der Waals surface area contributed by atoms with Crippen LogP contribution in [0.1, 0.15) is 18.4 Å². The molecule has 2 rings (SSSR count). The van der Waals surface area contributed by atoms with Gasteiger partial charge >= 0.3 is 5.97 Å². The Bertz CT molecular complexity index is 412. The summed E-state index contributed by atoms with van der Waals surface area (Å²) in [5, 5.41) is 9.17. The van der Waals surface area contributed by atoms with Gasteiger partial charge in [-0.3, -0.25) is 4.79 Å². The SMILES string of the molecule is NC(Cc1ccc(O)cc1)C(=O)OCC1CCCO1. The zero-order valence-corrected chi connectivity index (χ0v) is 10.7. The highest BCUT2D eigenvalue weighted by Crippen LogP contribution is 2.13. The molecule has 1 heterocycles. The number of ether oxygens (including phenoxy) is 2. The van der Waals surface area contributed by atoms with Crippen molar-refractivity contribution in [1.82, 2.24) is 0 Å². The molecule has 19 heavy (non-hydrogen) atoms. The monoisotopic (exact) mass is 265 g/mol. The molecule has 2 unspecified atom stereocenters. The Morgan fingerprint density at radius 2 is 2.21 bits per heavy atom. The van der Waals surface area contributed by atoms with Crippen molar-refractivity contribution in [1.29, 1.82) is 0 Å². The number of benzene rings is 1. The highest BCUT2D eigenvalue weighted by molar-refractivity contribution is 5.75. The number of hydrogen-bond acceptors (Lipinski definition) is 5. The van der Waals surface area contributed by atoms with Crippen molar-refractivity contribution >= 4 is 5.97 Å². The highest BCUT2D eigenvalue weighted by atomic mass is 16.6. The van der Waals surface area contributed by atoms with Gasteiger partial charge in [-0.1, -0.05) is 12.1 Å². The molecule has 1 aromatic carbocycles. The van der Waals surface area contributed by atoms with Crippen LogP contribution in [0.4, 0.5) is 0 Å². The van der Waals surface area contributed by atoms with Gasteiger partial charge in [0, 0.05) is 6.61 Å². The summed E-state index contributed by atoms with van der Waals surface area (Å²) in [4.78, 5) is 11.7. The molecule has 0 spiro atoms. The fraction of sp³-hybridized carbons (Fsp3) is 0.500. The molecule has 5 heteroatoms. The number of esters is 1. The number of rotatable bonds is 5. The Morgan fingerprint density at radius 1 is 1.47 bits per heavy atom. The van der Waals surface area contributed by atoms with Gasteiger partial charge in [0.1, 0.15) is 18.4 Å². The lowest BCUT2D eigenvalue weighted by atomic mass is 10.1. The van der Waals surface area contributed by atoms with E-state index in [1.807, 2.05) is 0 Å². The molecule has 0 bridgehead atoms. The number of phenols is 1. The standard InChI is InChI=1S/C14H19NO4/c15-13(8-10-3-5-11(16)6-4-10)14(17)19-9-12-2-1-7-18-12/h3-6,12-13,16H,1-2,7-9,15H2. The van der Waals surface area contributed by atoms with E-state index in [0.717, 1.165) is 25.0 Å². The van der Waals surface area contributed by atoms with Gasteiger partial charge in [0.2, 0.25) is 0 Å². The first kappa shape index (κ1) is 13.8. The minimum atomic E-state index is -0.689. The zero-order chi connectivity index (χ0) is 13.7. The second-order valence-electron chi connectivity index (χ2n) is 4.74. The summed E-state index contributed by atoms with van der Waals surface area (Å²) in [6.45, 7) is 1.02. The van der Waals surface area contributed by atoms with E-state index >= 15 is 0 Å². The predicted molar refractivity (Wildman–Crippen MR) is 69.7 cm³/mol. The van der Waals surface area contributed by atoms with Crippen molar-refractivity contribution in [2.24, 2.45) is 5.73 Å². The minimum absolute atomic E-state index is 0.0184. The maximum Gasteiger partial charge on any atom is 0.323 e. The average molecular weight is 265 g/mol. The lowest BCUT2D eigenvalue weighted by molar-refractivity contribution is -0.148. The van der Waals surface area contributed by atoms with E-state index in [0.29, 0.717) is 6.42 Å². The maximum absolute atomic E-state index is 11.7. The van der Waals surface area contributed by atoms with Crippen LogP contribution in [-0.4, -0.2) is 36.4 Å². The van der Waals surface area contributed by atoms with Crippen LogP contribution >= 0.6 is 0 Å². The second-order valence-corrected chi connectivity index (χ2v) is 4.74. The molecule has 1 fully saturated rings. The summed E-state index contributed by atoms with van der Waals surface area (Å²) in [5.41, 5.74) is 6.68. The minimum Gasteiger partial charge on any atom is -0.508 e. The number of aromatic hydroxyl groups is 1. The molecule has 0 saturated carbocycles. The Labute approximate surface area is 112 Å². The van der Waals surface area contributed by atoms with Crippen LogP contribution in [0, 0.1) is 0 Å². The Hall–Kier alpha value is -1.59. The Morgan fingerprint density at radius 3 is 2.84 bits per heavy atom. The van der Waals surface area contributed by atoms with Gasteiger partial charge < -0.3 is 20.3 Å². The predicted octanol–water partition coefficient (Wildman–Crippen LogP) is 0.984. The summed E-state index contributed by atoms with van der Waals surface area (Å²) >= 11 is 0. The lowest BCUT2D eigenvalue weighted by Gasteiger charge is -2.14. The number of nitrogens with two attached hydrogens (primary N) is 1. The number of hydrogen-bond donors (Lipinski definition) is 2. The van der Waals surface area contributed by atoms with Crippen LogP contribution < -0.4 is 5.73 Å². The van der Waals surface area contributed by atoms with Crippen LogP contribution in [-0.2, 0) is 20.7 Å². The van der Waals surface area contributed by atoms with Gasteiger partial charge in [0.25, 0.3) is 0 Å². The van der Waals surface area contributed by atoms with E-state index in [1.165, 1.54) is 0 Å². The first-order chi connectivity index (χ1) is 9.15. The molecular weight excluding hydrogens is 246 g/mol. The van der Waals surface area contributed by atoms with E-state index in [2.05, 4.69) is 0 Å². The van der Waals surface area contributed by atoms with Gasteiger partial charge in [-0.15, -0.1) is 0 Å². The van der Waals surface area contributed by atoms with E-state index < -0.39 is 12.0 Å². The summed E-state index contributed by atoms with van der Waals surface area (Å²) in [7, 11) is 0. The van der Waals surface area contributed by atoms with Crippen LogP contribution in [0.3, 0.4) is 0 Å². The average Bonchev–Trinajstić information content (AvgIpc) is 2.91. The van der Waals surface area contributed by atoms with E-state index in [-0.39, 0.29) is 18.5 Å². The molecule has 0 aliphatic carbocycles. The molecule has 1 saturated heterocycles. The fourth-order valence-corrected chi connectivity index (χ4v) is 2.03. The molecule has 5 nitrogen and oxygen atoms in total. The first-order valence-corrected chi connectivity index (χ1v) is 6.47. The van der Waals surface area contributed by atoms with Crippen molar-refractivity contribution in [3.8, 4) is 5.75 Å². The number of carbonyl (C=O) groups is 1. The largest absolute Gasteiger partial charge is 0.508 e. The topological polar surface area (TPSA) is 81.8 Å². The third-order valence-electron chi connectivity index (χ3n) is 3.13. The third kappa shape index (κ3) is 4.22. The molecule has 1 aromatic rings. The third-order valence-corrected chi connectivity index (χ3v) is 3.13. The fourth-order valence-electron chi connectivity index (χ4n) is 2.03. The molecule has 0 amide bonds. The van der Waals surface area contributed by atoms with Crippen molar-refractivity contribution in [3.63, 3.8) is 0 Å². The van der Waals surface area contributed by atoms with Gasteiger partial charge in [0.05, 0.1) is 6.10 Å². The quantitative estimate of drug-likeness (QED) is 0.776. The van der Waals surface area contributed by atoms with Gasteiger partial charge in [-0.25, -0.2) is 0 Å². The van der Waals surface area contributed by atoms with Gasteiger partial charge in [0.15, 0.2) is 0 Å². The Balaban J connectivity index is 1.76. The van der Waals surface area contributed by atoms with Crippen LogP contribution in [0.15, 0.2) is 24.3 Å². The number of phenolic OH excluding ortho intramolecular Hbond substituents is 1. The van der Waals surface area contributed by atoms with Crippen LogP contribution in [0.25, 0.3) is 0 Å². The maximum atomic E-state index is 11.7. The van der Waals surface area contributed by atoms with Crippen LogP contribution in [0.5, 0.6) is 5.75 Å². The molecule has 0 radical (unpaired) electrons. The van der Waals surface area contributed by atoms with Crippen LogP contribution in [0.2, 0.25) is 0 Å². The molecule has 1 aliphatic heterocycles. The molecule has 3 N–H and O–H groups in total. The Kier molecular flexibility index (Phi) is 4.76. The zero-order valence-electron chi connectivity index (χ0n) is 10.7. The van der Waals surface area contributed by atoms with Crippen molar-refractivity contribution in [3.05, 3.63) is 29.8 Å². The second kappa shape index (κ2) is 6.54. The van der Waals surface area contributed by atoms with Crippen molar-refractivity contribution in [2.45, 2.75) is 31.4 Å². The molecular formula is C14H19NO4. The lowest BCUT2D eigenvalue weighted by Crippen LogP contribution is -2.35. The van der Waals surface area contributed by atoms with E-state index in [9.17, 15) is 4.79 Å². The van der Waals surface area contributed by atoms with E-state index in [4.69, 9.17) is 20.3 Å². The van der Waals surface area contributed by atoms with Gasteiger partial charge in [-0.05, 0) is 37.0 Å². The summed E-state index contributed by atoms with van der Waals surface area (Å²) in [5.74, 6) is -0.221. The van der Waals surface area contributed by atoms with Crippen molar-refractivity contribution in [2.75, 3.05) is 13.2 Å². The smallest absolute Gasteiger partial charge is 0.323 e. The molecule has 1 aliphatic rings. The van der Waals surface area contributed by atoms with Gasteiger partial charge in [-0.2, -0.15) is 0 Å². The van der Waals surface area contributed by atoms with Crippen molar-refractivity contribution < 1.29 is 19.4 Å².